The summed E-state index contributed by atoms with van der Waals surface area (Å²) in [6.07, 6.45) is 1.68. The Balaban J connectivity index is 1.72. The van der Waals surface area contributed by atoms with Crippen molar-refractivity contribution in [3.8, 4) is 22.9 Å². The highest BCUT2D eigenvalue weighted by atomic mass is 19.1. The summed E-state index contributed by atoms with van der Waals surface area (Å²) in [5.74, 6) is 2.10. The Kier molecular flexibility index (Phi) is 4.33. The van der Waals surface area contributed by atoms with Crippen LogP contribution >= 0.6 is 0 Å². The largest absolute Gasteiger partial charge is 0.493 e. The normalized spacial score (nSPS) is 10.8. The summed E-state index contributed by atoms with van der Waals surface area (Å²) in [6.45, 7) is 0. The maximum Gasteiger partial charge on any atom is 0.162 e. The number of methoxy groups -OCH3 is 2. The maximum atomic E-state index is 13.5. The van der Waals surface area contributed by atoms with Gasteiger partial charge in [-0.1, -0.05) is 12.1 Å². The molecule has 0 atom stereocenters. The molecule has 0 fully saturated rings. The number of pyridine rings is 1. The van der Waals surface area contributed by atoms with Gasteiger partial charge in [0, 0.05) is 23.5 Å². The lowest BCUT2D eigenvalue weighted by atomic mass is 10.2. The van der Waals surface area contributed by atoms with Gasteiger partial charge in [0.1, 0.15) is 17.2 Å². The zero-order valence-electron chi connectivity index (χ0n) is 14.8. The van der Waals surface area contributed by atoms with Crippen LogP contribution in [0.3, 0.4) is 0 Å². The molecule has 7 heteroatoms. The van der Waals surface area contributed by atoms with Crippen LogP contribution in [0, 0.1) is 5.82 Å². The van der Waals surface area contributed by atoms with E-state index < -0.39 is 0 Å². The highest BCUT2D eigenvalue weighted by Crippen LogP contribution is 2.32. The molecule has 0 unspecified atom stereocenters. The fraction of sp³-hybridized carbons (Fsp3) is 0.100. The molecule has 0 aliphatic carbocycles. The molecule has 0 aliphatic rings. The van der Waals surface area contributed by atoms with Gasteiger partial charge in [0.15, 0.2) is 17.3 Å². The standard InChI is InChI=1S/C20H17FN4O2/c1-26-16-7-6-14(11-17(16)27-2)23-20-18-15(8-9-22-20)24-19(25-18)12-4-3-5-13(21)10-12/h3-11H,1-2H3,(H,22,23)(H,24,25). The highest BCUT2D eigenvalue weighted by molar-refractivity contribution is 5.90. The number of H-pyrrole nitrogens is 1. The van der Waals surface area contributed by atoms with Crippen molar-refractivity contribution in [1.82, 2.24) is 15.0 Å². The van der Waals surface area contributed by atoms with Crippen molar-refractivity contribution in [3.63, 3.8) is 0 Å². The van der Waals surface area contributed by atoms with Gasteiger partial charge in [-0.05, 0) is 30.3 Å². The number of nitrogens with one attached hydrogen (secondary N) is 2. The molecule has 136 valence electrons. The molecule has 6 nitrogen and oxygen atoms in total. The molecule has 4 aromatic rings. The molecule has 0 spiro atoms. The summed E-state index contributed by atoms with van der Waals surface area (Å²) in [5, 5.41) is 3.25. The number of aromatic amines is 1. The first-order valence-electron chi connectivity index (χ1n) is 8.27. The third-order valence-corrected chi connectivity index (χ3v) is 4.15. The second kappa shape index (κ2) is 6.95. The topological polar surface area (TPSA) is 72.1 Å². The molecule has 27 heavy (non-hydrogen) atoms. The SMILES string of the molecule is COc1ccc(Nc2nccc3[nH]c(-c4cccc(F)c4)nc23)cc1OC. The third kappa shape index (κ3) is 3.27. The van der Waals surface area contributed by atoms with Crippen molar-refractivity contribution >= 4 is 22.5 Å². The van der Waals surface area contributed by atoms with E-state index in [0.29, 0.717) is 34.2 Å². The van der Waals surface area contributed by atoms with Crippen molar-refractivity contribution < 1.29 is 13.9 Å². The number of imidazole rings is 1. The highest BCUT2D eigenvalue weighted by Gasteiger charge is 2.12. The number of hydrogen-bond donors (Lipinski definition) is 2. The molecule has 2 N–H and O–H groups in total. The predicted octanol–water partition coefficient (Wildman–Crippen LogP) is 4.52. The molecule has 0 radical (unpaired) electrons. The van der Waals surface area contributed by atoms with Crippen LogP contribution in [-0.4, -0.2) is 29.2 Å². The Morgan fingerprint density at radius 2 is 1.85 bits per heavy atom. The molecule has 0 amide bonds. The summed E-state index contributed by atoms with van der Waals surface area (Å²) in [4.78, 5) is 12.2. The minimum Gasteiger partial charge on any atom is -0.493 e. The summed E-state index contributed by atoms with van der Waals surface area (Å²) >= 11 is 0. The Morgan fingerprint density at radius 3 is 2.63 bits per heavy atom. The van der Waals surface area contributed by atoms with Crippen LogP contribution in [0.4, 0.5) is 15.9 Å². The summed E-state index contributed by atoms with van der Waals surface area (Å²) < 4.78 is 24.1. The lowest BCUT2D eigenvalue weighted by Crippen LogP contribution is -1.96. The van der Waals surface area contributed by atoms with E-state index in [1.54, 1.807) is 32.5 Å². The molecule has 2 aromatic carbocycles. The molecular weight excluding hydrogens is 347 g/mol. The first kappa shape index (κ1) is 16.8. The number of halogens is 1. The van der Waals surface area contributed by atoms with Gasteiger partial charge < -0.3 is 19.8 Å². The Labute approximate surface area is 155 Å². The first-order chi connectivity index (χ1) is 13.2. The number of anilines is 2. The van der Waals surface area contributed by atoms with Gasteiger partial charge >= 0.3 is 0 Å². The summed E-state index contributed by atoms with van der Waals surface area (Å²) in [7, 11) is 3.17. The van der Waals surface area contributed by atoms with Crippen LogP contribution in [0.1, 0.15) is 0 Å². The van der Waals surface area contributed by atoms with E-state index in [9.17, 15) is 4.39 Å². The third-order valence-electron chi connectivity index (χ3n) is 4.15. The van der Waals surface area contributed by atoms with Crippen LogP contribution in [0.15, 0.2) is 54.7 Å². The number of benzene rings is 2. The molecule has 2 aromatic heterocycles. The molecule has 2 heterocycles. The van der Waals surface area contributed by atoms with Crippen molar-refractivity contribution in [3.05, 3.63) is 60.5 Å². The van der Waals surface area contributed by atoms with Gasteiger partial charge in [0.25, 0.3) is 0 Å². The first-order valence-corrected chi connectivity index (χ1v) is 8.27. The zero-order chi connectivity index (χ0) is 18.8. The molecule has 4 rings (SSSR count). The average molecular weight is 364 g/mol. The summed E-state index contributed by atoms with van der Waals surface area (Å²) in [5.41, 5.74) is 2.91. The van der Waals surface area contributed by atoms with Gasteiger partial charge in [-0.25, -0.2) is 14.4 Å². The Morgan fingerprint density at radius 1 is 1.00 bits per heavy atom. The van der Waals surface area contributed by atoms with Gasteiger partial charge in [0.2, 0.25) is 0 Å². The van der Waals surface area contributed by atoms with Gasteiger partial charge in [-0.15, -0.1) is 0 Å². The van der Waals surface area contributed by atoms with Crippen molar-refractivity contribution in [2.75, 3.05) is 19.5 Å². The van der Waals surface area contributed by atoms with Crippen LogP contribution < -0.4 is 14.8 Å². The zero-order valence-corrected chi connectivity index (χ0v) is 14.8. The van der Waals surface area contributed by atoms with E-state index >= 15 is 0 Å². The minimum atomic E-state index is -0.310. The van der Waals surface area contributed by atoms with Crippen molar-refractivity contribution in [1.29, 1.82) is 0 Å². The molecule has 0 saturated carbocycles. The fourth-order valence-corrected chi connectivity index (χ4v) is 2.85. The number of nitrogens with zero attached hydrogens (tertiary/aromatic N) is 2. The average Bonchev–Trinajstić information content (AvgIpc) is 3.13. The van der Waals surface area contributed by atoms with Crippen LogP contribution in [0.5, 0.6) is 11.5 Å². The van der Waals surface area contributed by atoms with Crippen LogP contribution in [0.25, 0.3) is 22.4 Å². The molecule has 0 saturated heterocycles. The van der Waals surface area contributed by atoms with E-state index in [1.807, 2.05) is 24.3 Å². The Hall–Kier alpha value is -3.61. The number of fused-ring (bicyclic) bond motifs is 1. The van der Waals surface area contributed by atoms with Crippen LogP contribution in [-0.2, 0) is 0 Å². The predicted molar refractivity (Wildman–Crippen MR) is 102 cm³/mol. The fourth-order valence-electron chi connectivity index (χ4n) is 2.85. The minimum absolute atomic E-state index is 0.310. The van der Waals surface area contributed by atoms with E-state index in [4.69, 9.17) is 9.47 Å². The molecule has 0 aliphatic heterocycles. The van der Waals surface area contributed by atoms with E-state index in [1.165, 1.54) is 12.1 Å². The summed E-state index contributed by atoms with van der Waals surface area (Å²) in [6, 6.07) is 13.6. The number of aromatic nitrogens is 3. The maximum absolute atomic E-state index is 13.5. The molecule has 0 bridgehead atoms. The second-order valence-corrected chi connectivity index (χ2v) is 5.85. The molecular formula is C20H17FN4O2. The number of hydrogen-bond acceptors (Lipinski definition) is 5. The lowest BCUT2D eigenvalue weighted by Gasteiger charge is -2.11. The monoisotopic (exact) mass is 364 g/mol. The van der Waals surface area contributed by atoms with Gasteiger partial charge in [0.05, 0.1) is 19.7 Å². The van der Waals surface area contributed by atoms with E-state index in [-0.39, 0.29) is 5.82 Å². The number of rotatable bonds is 5. The number of ether oxygens (including phenoxy) is 2. The second-order valence-electron chi connectivity index (χ2n) is 5.85. The van der Waals surface area contributed by atoms with Crippen molar-refractivity contribution in [2.24, 2.45) is 0 Å². The lowest BCUT2D eigenvalue weighted by molar-refractivity contribution is 0.355. The smallest absolute Gasteiger partial charge is 0.162 e. The van der Waals surface area contributed by atoms with Crippen molar-refractivity contribution in [2.45, 2.75) is 0 Å². The Bertz CT molecular complexity index is 1110. The quantitative estimate of drug-likeness (QED) is 0.545. The van der Waals surface area contributed by atoms with E-state index in [0.717, 1.165) is 11.2 Å². The van der Waals surface area contributed by atoms with Crippen LogP contribution in [0.2, 0.25) is 0 Å². The van der Waals surface area contributed by atoms with Gasteiger partial charge in [-0.3, -0.25) is 0 Å². The van der Waals surface area contributed by atoms with E-state index in [2.05, 4.69) is 20.3 Å². The van der Waals surface area contributed by atoms with Gasteiger partial charge in [-0.2, -0.15) is 0 Å².